The second-order valence-electron chi connectivity index (χ2n) is 5.74. The Kier molecular flexibility index (Phi) is 5.83. The van der Waals surface area contributed by atoms with Crippen LogP contribution >= 0.6 is 11.8 Å². The summed E-state index contributed by atoms with van der Waals surface area (Å²) >= 11 is 1.21. The number of nitrogens with zero attached hydrogens (tertiary/aromatic N) is 2. The molecule has 8 heteroatoms. The van der Waals surface area contributed by atoms with Crippen LogP contribution in [0.25, 0.3) is 0 Å². The summed E-state index contributed by atoms with van der Waals surface area (Å²) < 4.78 is 5.22. The van der Waals surface area contributed by atoms with Gasteiger partial charge in [-0.05, 0) is 12.1 Å². The highest BCUT2D eigenvalue weighted by Crippen LogP contribution is 2.27. The molecule has 0 aliphatic carbocycles. The number of rotatable bonds is 5. The lowest BCUT2D eigenvalue weighted by Gasteiger charge is -2.26. The van der Waals surface area contributed by atoms with Gasteiger partial charge in [-0.3, -0.25) is 14.4 Å². The van der Waals surface area contributed by atoms with E-state index in [1.807, 2.05) is 18.2 Å². The van der Waals surface area contributed by atoms with Crippen molar-refractivity contribution in [1.82, 2.24) is 4.90 Å². The standard InChI is InChI=1S/C17H19N3O4S/c21-14(18-12-4-2-1-3-5-12)10-13-17(23)19-15(25-13)11-16(22)20-6-8-24-9-7-20/h1-5,13H,6-11H2,(H,18,21)/t13-/m1/s1. The van der Waals surface area contributed by atoms with Gasteiger partial charge in [-0.25, -0.2) is 4.99 Å². The minimum atomic E-state index is -0.559. The van der Waals surface area contributed by atoms with Crippen LogP contribution in [-0.2, 0) is 19.1 Å². The molecule has 0 saturated carbocycles. The zero-order valence-corrected chi connectivity index (χ0v) is 14.5. The number of carbonyl (C=O) groups excluding carboxylic acids is 3. The quantitative estimate of drug-likeness (QED) is 0.854. The predicted molar refractivity (Wildman–Crippen MR) is 95.5 cm³/mol. The third-order valence-corrected chi connectivity index (χ3v) is 5.04. The van der Waals surface area contributed by atoms with E-state index in [4.69, 9.17) is 4.74 Å². The van der Waals surface area contributed by atoms with Crippen molar-refractivity contribution in [3.63, 3.8) is 0 Å². The largest absolute Gasteiger partial charge is 0.378 e. The van der Waals surface area contributed by atoms with E-state index in [9.17, 15) is 14.4 Å². The highest BCUT2D eigenvalue weighted by Gasteiger charge is 2.32. The number of ether oxygens (including phenoxy) is 1. The van der Waals surface area contributed by atoms with Crippen LogP contribution < -0.4 is 5.32 Å². The first-order valence-electron chi connectivity index (χ1n) is 8.10. The Bertz CT molecular complexity index is 686. The molecule has 1 aromatic carbocycles. The number of para-hydroxylation sites is 1. The Labute approximate surface area is 149 Å². The van der Waals surface area contributed by atoms with Gasteiger partial charge >= 0.3 is 0 Å². The number of morpholine rings is 1. The number of carbonyl (C=O) groups is 3. The number of benzene rings is 1. The Morgan fingerprint density at radius 1 is 1.24 bits per heavy atom. The fraction of sp³-hybridized carbons (Fsp3) is 0.412. The number of hydrogen-bond acceptors (Lipinski definition) is 5. The first kappa shape index (κ1) is 17.6. The minimum absolute atomic E-state index is 0.0388. The van der Waals surface area contributed by atoms with Gasteiger partial charge in [-0.15, -0.1) is 0 Å². The molecule has 3 amide bonds. The summed E-state index contributed by atoms with van der Waals surface area (Å²) in [6.07, 6.45) is 0.143. The van der Waals surface area contributed by atoms with E-state index in [0.717, 1.165) is 0 Å². The van der Waals surface area contributed by atoms with Crippen LogP contribution in [0.1, 0.15) is 12.8 Å². The molecule has 2 aliphatic heterocycles. The summed E-state index contributed by atoms with van der Waals surface area (Å²) in [7, 11) is 0. The van der Waals surface area contributed by atoms with E-state index < -0.39 is 5.25 Å². The van der Waals surface area contributed by atoms with Crippen molar-refractivity contribution in [1.29, 1.82) is 0 Å². The lowest BCUT2D eigenvalue weighted by molar-refractivity contribution is -0.133. The number of thioether (sulfide) groups is 1. The molecule has 0 bridgehead atoms. The van der Waals surface area contributed by atoms with Gasteiger partial charge in [0.1, 0.15) is 5.25 Å². The molecular formula is C17H19N3O4S. The van der Waals surface area contributed by atoms with Crippen LogP contribution in [-0.4, -0.2) is 59.2 Å². The van der Waals surface area contributed by atoms with Gasteiger partial charge in [0.2, 0.25) is 11.8 Å². The molecule has 0 radical (unpaired) electrons. The highest BCUT2D eigenvalue weighted by molar-refractivity contribution is 8.15. The molecule has 1 atom stereocenters. The molecule has 25 heavy (non-hydrogen) atoms. The Morgan fingerprint density at radius 3 is 2.68 bits per heavy atom. The lowest BCUT2D eigenvalue weighted by Crippen LogP contribution is -2.41. The number of aliphatic imine (C=N–C) groups is 1. The maximum Gasteiger partial charge on any atom is 0.260 e. The second kappa shape index (κ2) is 8.26. The Hall–Kier alpha value is -2.19. The summed E-state index contributed by atoms with van der Waals surface area (Å²) in [5.41, 5.74) is 0.687. The zero-order valence-electron chi connectivity index (χ0n) is 13.6. The van der Waals surface area contributed by atoms with Crippen molar-refractivity contribution < 1.29 is 19.1 Å². The van der Waals surface area contributed by atoms with Crippen molar-refractivity contribution in [3.05, 3.63) is 30.3 Å². The average Bonchev–Trinajstić information content (AvgIpc) is 2.95. The molecule has 0 unspecified atom stereocenters. The normalized spacial score (nSPS) is 20.3. The van der Waals surface area contributed by atoms with E-state index in [0.29, 0.717) is 37.0 Å². The zero-order chi connectivity index (χ0) is 17.6. The molecule has 1 N–H and O–H groups in total. The van der Waals surface area contributed by atoms with Gasteiger partial charge in [0.05, 0.1) is 24.7 Å². The van der Waals surface area contributed by atoms with Crippen molar-refractivity contribution in [3.8, 4) is 0 Å². The molecule has 7 nitrogen and oxygen atoms in total. The first-order chi connectivity index (χ1) is 12.1. The van der Waals surface area contributed by atoms with Crippen LogP contribution in [0.3, 0.4) is 0 Å². The Morgan fingerprint density at radius 2 is 1.96 bits per heavy atom. The third-order valence-electron chi connectivity index (χ3n) is 3.88. The van der Waals surface area contributed by atoms with E-state index >= 15 is 0 Å². The molecule has 1 saturated heterocycles. The topological polar surface area (TPSA) is 88.1 Å². The number of anilines is 1. The van der Waals surface area contributed by atoms with Crippen LogP contribution in [0.4, 0.5) is 5.69 Å². The van der Waals surface area contributed by atoms with Gasteiger partial charge in [0.25, 0.3) is 5.91 Å². The molecule has 2 heterocycles. The molecule has 1 fully saturated rings. The molecule has 0 spiro atoms. The van der Waals surface area contributed by atoms with Gasteiger partial charge in [-0.2, -0.15) is 0 Å². The Balaban J connectivity index is 1.48. The fourth-order valence-electron chi connectivity index (χ4n) is 2.60. The number of nitrogens with one attached hydrogen (secondary N) is 1. The maximum atomic E-state index is 12.2. The van der Waals surface area contributed by atoms with Crippen LogP contribution in [0, 0.1) is 0 Å². The van der Waals surface area contributed by atoms with E-state index in [2.05, 4.69) is 10.3 Å². The van der Waals surface area contributed by atoms with Gasteiger partial charge in [-0.1, -0.05) is 30.0 Å². The minimum Gasteiger partial charge on any atom is -0.378 e. The number of amides is 3. The summed E-state index contributed by atoms with van der Waals surface area (Å²) in [5.74, 6) is -0.650. The predicted octanol–water partition coefficient (Wildman–Crippen LogP) is 1.30. The fourth-order valence-corrected chi connectivity index (χ4v) is 3.67. The van der Waals surface area contributed by atoms with Crippen molar-refractivity contribution in [2.75, 3.05) is 31.6 Å². The second-order valence-corrected chi connectivity index (χ2v) is 7.01. The SMILES string of the molecule is O=C(C[C@H]1SC(CC(=O)N2CCOCC2)=NC1=O)Nc1ccccc1. The van der Waals surface area contributed by atoms with Crippen molar-refractivity contribution in [2.45, 2.75) is 18.1 Å². The number of hydrogen-bond donors (Lipinski definition) is 1. The molecule has 2 aliphatic rings. The van der Waals surface area contributed by atoms with Crippen LogP contribution in [0.15, 0.2) is 35.3 Å². The van der Waals surface area contributed by atoms with Crippen molar-refractivity contribution in [2.24, 2.45) is 4.99 Å². The third kappa shape index (κ3) is 4.90. The maximum absolute atomic E-state index is 12.2. The lowest BCUT2D eigenvalue weighted by atomic mass is 10.2. The van der Waals surface area contributed by atoms with Crippen LogP contribution in [0.2, 0.25) is 0 Å². The molecule has 0 aromatic heterocycles. The van der Waals surface area contributed by atoms with Crippen LogP contribution in [0.5, 0.6) is 0 Å². The van der Waals surface area contributed by atoms with E-state index in [1.165, 1.54) is 11.8 Å². The first-order valence-corrected chi connectivity index (χ1v) is 8.98. The summed E-state index contributed by atoms with van der Waals surface area (Å²) in [5, 5.41) is 2.68. The van der Waals surface area contributed by atoms with E-state index in [1.54, 1.807) is 17.0 Å². The smallest absolute Gasteiger partial charge is 0.260 e. The molecule has 132 valence electrons. The highest BCUT2D eigenvalue weighted by atomic mass is 32.2. The summed E-state index contributed by atoms with van der Waals surface area (Å²) in [6.45, 7) is 2.19. The monoisotopic (exact) mass is 361 g/mol. The summed E-state index contributed by atoms with van der Waals surface area (Å²) in [4.78, 5) is 41.9. The average molecular weight is 361 g/mol. The summed E-state index contributed by atoms with van der Waals surface area (Å²) in [6, 6.07) is 9.07. The molecular weight excluding hydrogens is 342 g/mol. The molecule has 1 aromatic rings. The molecule has 3 rings (SSSR count). The van der Waals surface area contributed by atoms with E-state index in [-0.39, 0.29) is 30.6 Å². The van der Waals surface area contributed by atoms with Gasteiger partial charge in [0.15, 0.2) is 0 Å². The van der Waals surface area contributed by atoms with Gasteiger partial charge < -0.3 is 15.0 Å². The van der Waals surface area contributed by atoms with Crippen molar-refractivity contribution >= 4 is 40.2 Å². The van der Waals surface area contributed by atoms with Gasteiger partial charge in [0, 0.05) is 25.2 Å².